The molecular formula is C37H45Cl2NO7S. The second kappa shape index (κ2) is 18.9. The van der Waals surface area contributed by atoms with Gasteiger partial charge in [-0.05, 0) is 73.3 Å². The number of fused-ring (bicyclic) bond motifs is 1. The van der Waals surface area contributed by atoms with Crippen LogP contribution < -0.4 is 0 Å². The van der Waals surface area contributed by atoms with Crippen molar-refractivity contribution >= 4 is 44.6 Å². The number of hydrogen-bond donors (Lipinski definition) is 0. The Morgan fingerprint density at radius 2 is 1.44 bits per heavy atom. The van der Waals surface area contributed by atoms with Crippen molar-refractivity contribution in [1.29, 1.82) is 0 Å². The maximum atomic E-state index is 13.2. The number of ketones is 2. The summed E-state index contributed by atoms with van der Waals surface area (Å²) in [5.74, 6) is -0.0101. The van der Waals surface area contributed by atoms with Crippen LogP contribution in [0.25, 0.3) is 0 Å². The average Bonchev–Trinajstić information content (AvgIpc) is 3.07. The highest BCUT2D eigenvalue weighted by atomic mass is 35.5. The molecule has 0 saturated heterocycles. The van der Waals surface area contributed by atoms with Gasteiger partial charge in [-0.25, -0.2) is 8.42 Å². The molecule has 1 aliphatic rings. The van der Waals surface area contributed by atoms with Crippen LogP contribution in [-0.4, -0.2) is 83.9 Å². The molecule has 0 fully saturated rings. The Balaban J connectivity index is 1.08. The summed E-state index contributed by atoms with van der Waals surface area (Å²) in [6, 6.07) is 17.8. The van der Waals surface area contributed by atoms with Crippen molar-refractivity contribution in [3.8, 4) is 0 Å². The van der Waals surface area contributed by atoms with Crippen molar-refractivity contribution in [2.24, 2.45) is 0 Å². The predicted octanol–water partition coefficient (Wildman–Crippen LogP) is 7.43. The quantitative estimate of drug-likeness (QED) is 0.0879. The Labute approximate surface area is 294 Å². The third-order valence-electron chi connectivity index (χ3n) is 8.23. The summed E-state index contributed by atoms with van der Waals surface area (Å²) in [5.41, 5.74) is 4.11. The van der Waals surface area contributed by atoms with E-state index >= 15 is 0 Å². The molecule has 0 aliphatic carbocycles. The fourth-order valence-corrected chi connectivity index (χ4v) is 7.69. The zero-order valence-corrected chi connectivity index (χ0v) is 30.0. The number of sulfone groups is 1. The molecule has 0 saturated carbocycles. The summed E-state index contributed by atoms with van der Waals surface area (Å²) in [6.45, 7) is 5.65. The van der Waals surface area contributed by atoms with Crippen LogP contribution in [0.4, 0.5) is 0 Å². The number of Topliss-reactive ketones (excluding diaryl/α,β-unsaturated/α-hetero) is 2. The molecule has 11 heteroatoms. The first kappa shape index (κ1) is 38.2. The van der Waals surface area contributed by atoms with Gasteiger partial charge >= 0.3 is 0 Å². The van der Waals surface area contributed by atoms with E-state index in [2.05, 4.69) is 4.90 Å². The first-order valence-electron chi connectivity index (χ1n) is 16.5. The minimum Gasteiger partial charge on any atom is -0.379 e. The van der Waals surface area contributed by atoms with Crippen LogP contribution in [0.1, 0.15) is 82.4 Å². The van der Waals surface area contributed by atoms with E-state index in [-0.39, 0.29) is 23.2 Å². The molecule has 0 spiro atoms. The van der Waals surface area contributed by atoms with Crippen LogP contribution in [0, 0.1) is 0 Å². The molecule has 1 unspecified atom stereocenters. The molecule has 0 N–H and O–H groups in total. The van der Waals surface area contributed by atoms with Crippen LogP contribution in [0.15, 0.2) is 65.6 Å². The largest absolute Gasteiger partial charge is 0.379 e. The standard InChI is InChI=1S/C37H45Cl2NO7S/c1-3-8-36(41)28-10-4-11-29(21-28)37(42)13-6-14-45-16-18-47-19-17-46-15-7-20-48(43,44)31-12-5-9-27(22-31)33-25-40(2)26-34-32(33)23-30(38)24-35(34)39/h4-5,9-12,21-24,33H,3,6-8,13-20,25-26H2,1-2H3. The Morgan fingerprint density at radius 3 is 2.12 bits per heavy atom. The summed E-state index contributed by atoms with van der Waals surface area (Å²) in [6.07, 6.45) is 2.55. The molecule has 0 radical (unpaired) electrons. The second-order valence-corrected chi connectivity index (χ2v) is 15.0. The van der Waals surface area contributed by atoms with Crippen molar-refractivity contribution in [2.45, 2.75) is 56.4 Å². The zero-order valence-electron chi connectivity index (χ0n) is 27.7. The van der Waals surface area contributed by atoms with E-state index in [4.69, 9.17) is 37.4 Å². The lowest BCUT2D eigenvalue weighted by atomic mass is 9.85. The van der Waals surface area contributed by atoms with Gasteiger partial charge in [0, 0.05) is 66.2 Å². The second-order valence-electron chi connectivity index (χ2n) is 12.1. The van der Waals surface area contributed by atoms with E-state index in [0.717, 1.165) is 29.7 Å². The minimum absolute atomic E-state index is 0.00499. The Kier molecular flexibility index (Phi) is 15.1. The van der Waals surface area contributed by atoms with Crippen LogP contribution >= 0.6 is 23.2 Å². The van der Waals surface area contributed by atoms with Gasteiger partial charge in [0.25, 0.3) is 0 Å². The number of hydrogen-bond acceptors (Lipinski definition) is 8. The Morgan fingerprint density at radius 1 is 0.812 bits per heavy atom. The number of likely N-dealkylation sites (N-methyl/N-ethyl adjacent to an activating group) is 1. The summed E-state index contributed by atoms with van der Waals surface area (Å²) in [5, 5.41) is 1.19. The number of halogens is 2. The number of carbonyl (C=O) groups is 2. The molecule has 1 heterocycles. The molecule has 4 rings (SSSR count). The first-order chi connectivity index (χ1) is 23.1. The minimum atomic E-state index is -3.50. The maximum absolute atomic E-state index is 13.2. The van der Waals surface area contributed by atoms with Gasteiger partial charge in [0.05, 0.1) is 37.1 Å². The SMILES string of the molecule is CCCC(=O)c1cccc(C(=O)CCCOCCOCCOCCCS(=O)(=O)c2cccc(C3CN(C)Cc4c(Cl)cc(Cl)cc43)c2)c1. The molecular weight excluding hydrogens is 673 g/mol. The van der Waals surface area contributed by atoms with Gasteiger partial charge in [0.15, 0.2) is 21.4 Å². The van der Waals surface area contributed by atoms with Crippen LogP contribution in [0.2, 0.25) is 10.0 Å². The normalized spacial score (nSPS) is 15.0. The lowest BCUT2D eigenvalue weighted by Gasteiger charge is -2.33. The van der Waals surface area contributed by atoms with Gasteiger partial charge in [-0.2, -0.15) is 0 Å². The highest BCUT2D eigenvalue weighted by molar-refractivity contribution is 7.91. The number of nitrogens with zero attached hydrogens (tertiary/aromatic N) is 1. The molecule has 3 aromatic rings. The molecule has 0 aromatic heterocycles. The summed E-state index contributed by atoms with van der Waals surface area (Å²) >= 11 is 12.8. The average molecular weight is 719 g/mol. The predicted molar refractivity (Wildman–Crippen MR) is 189 cm³/mol. The summed E-state index contributed by atoms with van der Waals surface area (Å²) in [4.78, 5) is 27.0. The molecule has 1 atom stereocenters. The maximum Gasteiger partial charge on any atom is 0.178 e. The smallest absolute Gasteiger partial charge is 0.178 e. The van der Waals surface area contributed by atoms with Crippen LogP contribution in [-0.2, 0) is 30.6 Å². The fourth-order valence-electron chi connectivity index (χ4n) is 5.78. The number of ether oxygens (including phenoxy) is 3. The van der Waals surface area contributed by atoms with E-state index < -0.39 is 9.84 Å². The fraction of sp³-hybridized carbons (Fsp3) is 0.459. The third kappa shape index (κ3) is 11.2. The Hall–Kier alpha value is -2.63. The zero-order chi connectivity index (χ0) is 34.5. The van der Waals surface area contributed by atoms with E-state index in [1.807, 2.05) is 26.1 Å². The highest BCUT2D eigenvalue weighted by Gasteiger charge is 2.28. The third-order valence-corrected chi connectivity index (χ3v) is 10.6. The summed E-state index contributed by atoms with van der Waals surface area (Å²) in [7, 11) is -1.48. The Bertz CT molecular complexity index is 1650. The molecule has 260 valence electrons. The van der Waals surface area contributed by atoms with Crippen LogP contribution in [0.3, 0.4) is 0 Å². The molecule has 48 heavy (non-hydrogen) atoms. The van der Waals surface area contributed by atoms with Gasteiger partial charge in [-0.15, -0.1) is 0 Å². The first-order valence-corrected chi connectivity index (χ1v) is 18.9. The number of benzene rings is 3. The van der Waals surface area contributed by atoms with E-state index in [0.29, 0.717) is 97.9 Å². The van der Waals surface area contributed by atoms with E-state index in [1.54, 1.807) is 48.5 Å². The topological polar surface area (TPSA) is 99.2 Å². The number of rotatable bonds is 20. The van der Waals surface area contributed by atoms with E-state index in [9.17, 15) is 18.0 Å². The van der Waals surface area contributed by atoms with Gasteiger partial charge in [0.1, 0.15) is 0 Å². The lowest BCUT2D eigenvalue weighted by Crippen LogP contribution is -2.31. The number of carbonyl (C=O) groups excluding carboxylic acids is 2. The van der Waals surface area contributed by atoms with Crippen molar-refractivity contribution < 1.29 is 32.2 Å². The van der Waals surface area contributed by atoms with Crippen molar-refractivity contribution in [2.75, 3.05) is 59.0 Å². The van der Waals surface area contributed by atoms with E-state index in [1.165, 1.54) is 0 Å². The van der Waals surface area contributed by atoms with Crippen LogP contribution in [0.5, 0.6) is 0 Å². The van der Waals surface area contributed by atoms with Gasteiger partial charge in [0.2, 0.25) is 0 Å². The van der Waals surface area contributed by atoms with Gasteiger partial charge < -0.3 is 19.1 Å². The van der Waals surface area contributed by atoms with Gasteiger partial charge in [-0.3, -0.25) is 9.59 Å². The molecule has 3 aromatic carbocycles. The highest BCUT2D eigenvalue weighted by Crippen LogP contribution is 2.39. The summed E-state index contributed by atoms with van der Waals surface area (Å²) < 4.78 is 43.0. The lowest BCUT2D eigenvalue weighted by molar-refractivity contribution is 0.0142. The van der Waals surface area contributed by atoms with Crippen molar-refractivity contribution in [3.05, 3.63) is 98.5 Å². The van der Waals surface area contributed by atoms with Crippen molar-refractivity contribution in [3.63, 3.8) is 0 Å². The van der Waals surface area contributed by atoms with Gasteiger partial charge in [-0.1, -0.05) is 60.5 Å². The molecule has 8 nitrogen and oxygen atoms in total. The van der Waals surface area contributed by atoms with Crippen molar-refractivity contribution in [1.82, 2.24) is 4.90 Å². The monoisotopic (exact) mass is 717 g/mol. The molecule has 0 bridgehead atoms. The molecule has 1 aliphatic heterocycles. The molecule has 0 amide bonds.